The van der Waals surface area contributed by atoms with Crippen molar-refractivity contribution in [3.8, 4) is 11.3 Å². The molecule has 0 spiro atoms. The molecule has 0 unspecified atom stereocenters. The maximum Gasteiger partial charge on any atom is 0.0980 e. The first-order chi connectivity index (χ1) is 7.27. The lowest BCUT2D eigenvalue weighted by atomic mass is 10.1. The third kappa shape index (κ3) is 2.27. The molecular weight excluding hydrogens is 211 g/mol. The second-order valence-electron chi connectivity index (χ2n) is 3.04. The summed E-state index contributed by atoms with van der Waals surface area (Å²) in [5.41, 5.74) is 1.71. The highest BCUT2D eigenvalue weighted by Gasteiger charge is 2.08. The predicted octanol–water partition coefficient (Wildman–Crippen LogP) is 3.23. The molecule has 2 aromatic rings. The minimum absolute atomic E-state index is 0.254. The third-order valence-corrected chi connectivity index (χ3v) is 2.86. The molecule has 0 saturated heterocycles. The number of hydrogen-bond acceptors (Lipinski definition) is 3. The smallest absolute Gasteiger partial charge is 0.0980 e. The maximum atomic E-state index is 12.7. The number of allylic oxidation sites excluding steroid dienone is 1. The molecule has 0 fully saturated rings. The van der Waals surface area contributed by atoms with Crippen LogP contribution in [0.3, 0.4) is 0 Å². The zero-order valence-electron chi connectivity index (χ0n) is 7.98. The largest absolute Gasteiger partial charge is 0.261 e. The maximum absolute atomic E-state index is 12.7. The number of thiophene rings is 1. The molecule has 0 bridgehead atoms. The molecule has 0 aliphatic rings. The van der Waals surface area contributed by atoms with Gasteiger partial charge in [0.15, 0.2) is 0 Å². The van der Waals surface area contributed by atoms with Gasteiger partial charge >= 0.3 is 0 Å². The number of rotatable bonds is 3. The van der Waals surface area contributed by atoms with Crippen molar-refractivity contribution in [2.24, 2.45) is 0 Å². The van der Waals surface area contributed by atoms with Crippen LogP contribution in [-0.2, 0) is 6.42 Å². The summed E-state index contributed by atoms with van der Waals surface area (Å²) >= 11 is 1.50. The van der Waals surface area contributed by atoms with Crippen LogP contribution in [0.2, 0.25) is 0 Å². The molecule has 2 rings (SSSR count). The summed E-state index contributed by atoms with van der Waals surface area (Å²) in [5.74, 6) is -0.331. The zero-order chi connectivity index (χ0) is 10.7. The van der Waals surface area contributed by atoms with Gasteiger partial charge in [-0.05, 0) is 11.4 Å². The minimum atomic E-state index is -0.331. The molecule has 0 aliphatic heterocycles. The van der Waals surface area contributed by atoms with Crippen molar-refractivity contribution in [1.29, 1.82) is 0 Å². The summed E-state index contributed by atoms with van der Waals surface area (Å²) in [4.78, 5) is 9.10. The van der Waals surface area contributed by atoms with E-state index in [1.165, 1.54) is 11.3 Å². The molecule has 76 valence electrons. The molecule has 0 amide bonds. The van der Waals surface area contributed by atoms with Gasteiger partial charge in [-0.2, -0.15) is 0 Å². The molecule has 15 heavy (non-hydrogen) atoms. The molecule has 2 aromatic heterocycles. The Morgan fingerprint density at radius 2 is 2.33 bits per heavy atom. The Hall–Kier alpha value is -1.55. The van der Waals surface area contributed by atoms with Gasteiger partial charge in [-0.3, -0.25) is 9.97 Å². The van der Waals surface area contributed by atoms with Gasteiger partial charge in [0.05, 0.1) is 17.7 Å². The number of halogens is 1. The Balaban J connectivity index is 2.37. The zero-order valence-corrected chi connectivity index (χ0v) is 8.80. The van der Waals surface area contributed by atoms with Gasteiger partial charge in [-0.25, -0.2) is 4.39 Å². The second-order valence-corrected chi connectivity index (χ2v) is 4.04. The minimum Gasteiger partial charge on any atom is -0.261 e. The van der Waals surface area contributed by atoms with E-state index in [0.717, 1.165) is 16.1 Å². The van der Waals surface area contributed by atoms with Crippen molar-refractivity contribution in [2.45, 2.75) is 6.42 Å². The molecule has 0 atom stereocenters. The van der Waals surface area contributed by atoms with E-state index in [-0.39, 0.29) is 12.2 Å². The van der Waals surface area contributed by atoms with Crippen LogP contribution in [-0.4, -0.2) is 9.97 Å². The van der Waals surface area contributed by atoms with Crippen molar-refractivity contribution in [2.75, 3.05) is 0 Å². The summed E-state index contributed by atoms with van der Waals surface area (Å²) in [7, 11) is 0. The summed E-state index contributed by atoms with van der Waals surface area (Å²) < 4.78 is 12.7. The number of hydrogen-bond donors (Lipinski definition) is 0. The summed E-state index contributed by atoms with van der Waals surface area (Å²) in [5, 5.41) is 1.92. The Bertz CT molecular complexity index is 464. The summed E-state index contributed by atoms with van der Waals surface area (Å²) in [6, 6.07) is 1.92. The fourth-order valence-corrected chi connectivity index (χ4v) is 2.23. The van der Waals surface area contributed by atoms with Crippen LogP contribution in [0, 0.1) is 0 Å². The molecule has 0 aromatic carbocycles. The normalized spacial score (nSPS) is 10.2. The standard InChI is InChI=1S/C11H9FN2S/c1-8(12)6-11-9(2-5-15-11)10-7-13-3-4-14-10/h2-5,7H,1,6H2. The average molecular weight is 220 g/mol. The molecular formula is C11H9FN2S. The van der Waals surface area contributed by atoms with Crippen molar-refractivity contribution in [3.05, 3.63) is 47.3 Å². The van der Waals surface area contributed by atoms with E-state index in [1.54, 1.807) is 18.6 Å². The molecule has 0 saturated carbocycles. The van der Waals surface area contributed by atoms with E-state index in [9.17, 15) is 4.39 Å². The van der Waals surface area contributed by atoms with Gasteiger partial charge in [0.2, 0.25) is 0 Å². The lowest BCUT2D eigenvalue weighted by molar-refractivity contribution is 0.619. The highest BCUT2D eigenvalue weighted by molar-refractivity contribution is 7.10. The Morgan fingerprint density at radius 3 is 3.00 bits per heavy atom. The lowest BCUT2D eigenvalue weighted by Gasteiger charge is -2.00. The van der Waals surface area contributed by atoms with Crippen LogP contribution in [0.4, 0.5) is 4.39 Å². The van der Waals surface area contributed by atoms with Crippen LogP contribution in [0.1, 0.15) is 4.88 Å². The van der Waals surface area contributed by atoms with E-state index < -0.39 is 0 Å². The highest BCUT2D eigenvalue weighted by Crippen LogP contribution is 2.28. The molecule has 0 N–H and O–H groups in total. The van der Waals surface area contributed by atoms with Crippen molar-refractivity contribution in [1.82, 2.24) is 9.97 Å². The van der Waals surface area contributed by atoms with Crippen molar-refractivity contribution >= 4 is 11.3 Å². The number of nitrogens with zero attached hydrogens (tertiary/aromatic N) is 2. The van der Waals surface area contributed by atoms with Crippen LogP contribution in [0.25, 0.3) is 11.3 Å². The van der Waals surface area contributed by atoms with E-state index in [2.05, 4.69) is 16.5 Å². The van der Waals surface area contributed by atoms with Gasteiger partial charge in [-0.1, -0.05) is 6.58 Å². The Labute approximate surface area is 91.1 Å². The van der Waals surface area contributed by atoms with Crippen LogP contribution in [0.5, 0.6) is 0 Å². The van der Waals surface area contributed by atoms with Crippen LogP contribution < -0.4 is 0 Å². The fourth-order valence-electron chi connectivity index (χ4n) is 1.32. The van der Waals surface area contributed by atoms with Crippen LogP contribution >= 0.6 is 11.3 Å². The topological polar surface area (TPSA) is 25.8 Å². The van der Waals surface area contributed by atoms with E-state index in [0.29, 0.717) is 0 Å². The van der Waals surface area contributed by atoms with E-state index in [1.807, 2.05) is 11.4 Å². The first kappa shape index (κ1) is 9.98. The predicted molar refractivity (Wildman–Crippen MR) is 59.3 cm³/mol. The van der Waals surface area contributed by atoms with Gasteiger partial charge in [-0.15, -0.1) is 11.3 Å². The second kappa shape index (κ2) is 4.31. The third-order valence-electron chi connectivity index (χ3n) is 1.94. The molecule has 0 aliphatic carbocycles. The lowest BCUT2D eigenvalue weighted by Crippen LogP contribution is -1.87. The van der Waals surface area contributed by atoms with Gasteiger partial charge in [0, 0.05) is 29.3 Å². The quantitative estimate of drug-likeness (QED) is 0.793. The van der Waals surface area contributed by atoms with Gasteiger partial charge in [0.25, 0.3) is 0 Å². The van der Waals surface area contributed by atoms with E-state index >= 15 is 0 Å². The molecule has 4 heteroatoms. The highest BCUT2D eigenvalue weighted by atomic mass is 32.1. The SMILES string of the molecule is C=C(F)Cc1sccc1-c1cnccn1. The Morgan fingerprint density at radius 1 is 1.47 bits per heavy atom. The fraction of sp³-hybridized carbons (Fsp3) is 0.0909. The number of aromatic nitrogens is 2. The van der Waals surface area contributed by atoms with E-state index in [4.69, 9.17) is 0 Å². The summed E-state index contributed by atoms with van der Waals surface area (Å²) in [6.45, 7) is 3.27. The molecule has 0 radical (unpaired) electrons. The van der Waals surface area contributed by atoms with Gasteiger partial charge < -0.3 is 0 Å². The monoisotopic (exact) mass is 220 g/mol. The molecule has 2 heterocycles. The van der Waals surface area contributed by atoms with Crippen LogP contribution in [0.15, 0.2) is 42.4 Å². The van der Waals surface area contributed by atoms with Crippen molar-refractivity contribution in [3.63, 3.8) is 0 Å². The Kier molecular flexibility index (Phi) is 2.87. The van der Waals surface area contributed by atoms with Crippen molar-refractivity contribution < 1.29 is 4.39 Å². The average Bonchev–Trinajstić information content (AvgIpc) is 2.66. The first-order valence-electron chi connectivity index (χ1n) is 4.43. The molecule has 2 nitrogen and oxygen atoms in total. The first-order valence-corrected chi connectivity index (χ1v) is 5.31. The summed E-state index contributed by atoms with van der Waals surface area (Å²) in [6.07, 6.45) is 5.17. The van der Waals surface area contributed by atoms with Gasteiger partial charge in [0.1, 0.15) is 0 Å².